The van der Waals surface area contributed by atoms with Crippen LogP contribution in [0, 0.1) is 11.3 Å². The summed E-state index contributed by atoms with van der Waals surface area (Å²) in [6.07, 6.45) is -0.548. The van der Waals surface area contributed by atoms with Crippen molar-refractivity contribution in [3.8, 4) is 0 Å². The Labute approximate surface area is 182 Å². The van der Waals surface area contributed by atoms with Gasteiger partial charge in [-0.05, 0) is 17.0 Å². The molecule has 0 saturated carbocycles. The smallest absolute Gasteiger partial charge is 0.0998 e. The zero-order chi connectivity index (χ0) is 22.2. The van der Waals surface area contributed by atoms with Gasteiger partial charge >= 0.3 is 0 Å². The Hall–Kier alpha value is -1.72. The van der Waals surface area contributed by atoms with Crippen molar-refractivity contribution in [1.29, 1.82) is 0 Å². The number of rotatable bonds is 12. The summed E-state index contributed by atoms with van der Waals surface area (Å²) in [5.74, 6) is 0.312. The summed E-state index contributed by atoms with van der Waals surface area (Å²) in [4.78, 5) is 0. The van der Waals surface area contributed by atoms with Gasteiger partial charge in [0.1, 0.15) is 0 Å². The Morgan fingerprint density at radius 3 is 1.43 bits per heavy atom. The second-order valence-corrected chi connectivity index (χ2v) is 8.54. The van der Waals surface area contributed by atoms with Crippen LogP contribution in [-0.2, 0) is 24.4 Å². The molecule has 30 heavy (non-hydrogen) atoms. The second-order valence-electron chi connectivity index (χ2n) is 8.54. The molecule has 4 heteroatoms. The minimum atomic E-state index is -0.559. The summed E-state index contributed by atoms with van der Waals surface area (Å²) in [6.45, 7) is 7.66. The van der Waals surface area contributed by atoms with Crippen LogP contribution in [-0.4, -0.2) is 53.9 Å². The van der Waals surface area contributed by atoms with E-state index < -0.39 is 5.41 Å². The molecule has 3 atom stereocenters. The van der Waals surface area contributed by atoms with Crippen molar-refractivity contribution < 1.29 is 18.9 Å². The fraction of sp³-hybridized carbons (Fsp3) is 0.538. The van der Waals surface area contributed by atoms with Crippen LogP contribution in [0.15, 0.2) is 60.7 Å². The fourth-order valence-corrected chi connectivity index (χ4v) is 4.65. The van der Waals surface area contributed by atoms with Crippen molar-refractivity contribution in [2.24, 2.45) is 11.3 Å². The molecule has 166 valence electrons. The van der Waals surface area contributed by atoms with Gasteiger partial charge in [0.25, 0.3) is 0 Å². The third-order valence-corrected chi connectivity index (χ3v) is 6.64. The maximum absolute atomic E-state index is 6.31. The maximum atomic E-state index is 6.31. The zero-order valence-corrected chi connectivity index (χ0v) is 19.6. The minimum absolute atomic E-state index is 0.238. The molecule has 0 radical (unpaired) electrons. The quantitative estimate of drug-likeness (QED) is 0.492. The molecular formula is C26H38O4. The highest BCUT2D eigenvalue weighted by atomic mass is 16.5. The van der Waals surface area contributed by atoms with E-state index in [2.05, 4.69) is 69.3 Å². The molecule has 0 amide bonds. The number of hydrogen-bond acceptors (Lipinski definition) is 4. The first kappa shape index (κ1) is 24.5. The van der Waals surface area contributed by atoms with Crippen molar-refractivity contribution in [2.45, 2.75) is 38.4 Å². The van der Waals surface area contributed by atoms with Crippen LogP contribution in [0.25, 0.3) is 0 Å². The first-order chi connectivity index (χ1) is 14.4. The van der Waals surface area contributed by atoms with Gasteiger partial charge in [-0.15, -0.1) is 0 Å². The molecule has 0 N–H and O–H groups in total. The van der Waals surface area contributed by atoms with Crippen molar-refractivity contribution in [2.75, 3.05) is 41.7 Å². The van der Waals surface area contributed by atoms with Gasteiger partial charge in [-0.2, -0.15) is 0 Å². The molecule has 0 fully saturated rings. The lowest BCUT2D eigenvalue weighted by atomic mass is 9.63. The number of ether oxygens (including phenoxy) is 4. The molecule has 0 aromatic heterocycles. The van der Waals surface area contributed by atoms with Gasteiger partial charge in [-0.1, -0.05) is 81.4 Å². The molecule has 0 saturated heterocycles. The third kappa shape index (κ3) is 4.62. The van der Waals surface area contributed by atoms with Crippen molar-refractivity contribution in [1.82, 2.24) is 0 Å². The monoisotopic (exact) mass is 414 g/mol. The first-order valence-corrected chi connectivity index (χ1v) is 10.6. The lowest BCUT2D eigenvalue weighted by molar-refractivity contribution is -0.156. The van der Waals surface area contributed by atoms with E-state index in [1.54, 1.807) is 28.4 Å². The highest BCUT2D eigenvalue weighted by Gasteiger charge is 2.53. The Balaban J connectivity index is 2.79. The van der Waals surface area contributed by atoms with Crippen molar-refractivity contribution >= 4 is 0 Å². The Bertz CT molecular complexity index is 692. The fourth-order valence-electron chi connectivity index (χ4n) is 4.65. The van der Waals surface area contributed by atoms with E-state index in [-0.39, 0.29) is 17.6 Å². The standard InChI is InChI=1S/C26H38O4/c1-20(2)25(3,18-27-4)23(29-6)24(30-7)26(19-28-5,21-14-10-8-11-15-21)22-16-12-9-13-17-22/h8-17,20,23-24H,18-19H2,1-7H3. The molecule has 0 aliphatic carbocycles. The van der Waals surface area contributed by atoms with E-state index in [9.17, 15) is 0 Å². The molecule has 0 aliphatic heterocycles. The summed E-state index contributed by atoms with van der Waals surface area (Å²) in [5, 5.41) is 0. The number of methoxy groups -OCH3 is 4. The van der Waals surface area contributed by atoms with Gasteiger partial charge in [0, 0.05) is 33.9 Å². The molecule has 0 bridgehead atoms. The normalized spacial score (nSPS) is 16.3. The molecule has 0 spiro atoms. The van der Waals surface area contributed by atoms with Crippen LogP contribution in [0.5, 0.6) is 0 Å². The zero-order valence-electron chi connectivity index (χ0n) is 19.6. The van der Waals surface area contributed by atoms with Gasteiger partial charge in [0.15, 0.2) is 0 Å². The van der Waals surface area contributed by atoms with Gasteiger partial charge in [0.2, 0.25) is 0 Å². The van der Waals surface area contributed by atoms with E-state index in [4.69, 9.17) is 18.9 Å². The van der Waals surface area contributed by atoms with Crippen LogP contribution >= 0.6 is 0 Å². The SMILES string of the molecule is COCC(c1ccccc1)(c1ccccc1)C(OC)C(OC)C(C)(COC)C(C)C. The molecule has 3 unspecified atom stereocenters. The predicted octanol–water partition coefficient (Wildman–Crippen LogP) is 4.96. The van der Waals surface area contributed by atoms with Crippen LogP contribution in [0.2, 0.25) is 0 Å². The van der Waals surface area contributed by atoms with Gasteiger partial charge in [0.05, 0.1) is 30.8 Å². The number of benzene rings is 2. The Kier molecular flexibility index (Phi) is 9.05. The molecule has 2 rings (SSSR count). The van der Waals surface area contributed by atoms with E-state index in [1.807, 2.05) is 12.1 Å². The minimum Gasteiger partial charge on any atom is -0.384 e. The van der Waals surface area contributed by atoms with E-state index in [0.29, 0.717) is 19.1 Å². The Morgan fingerprint density at radius 1 is 0.667 bits per heavy atom. The van der Waals surface area contributed by atoms with Gasteiger partial charge in [-0.3, -0.25) is 0 Å². The third-order valence-electron chi connectivity index (χ3n) is 6.64. The average molecular weight is 415 g/mol. The van der Waals surface area contributed by atoms with E-state index in [1.165, 1.54) is 0 Å². The van der Waals surface area contributed by atoms with E-state index >= 15 is 0 Å². The van der Waals surface area contributed by atoms with Crippen LogP contribution < -0.4 is 0 Å². The average Bonchev–Trinajstić information content (AvgIpc) is 2.77. The summed E-state index contributed by atoms with van der Waals surface area (Å²) in [7, 11) is 7.01. The largest absolute Gasteiger partial charge is 0.384 e. The molecule has 2 aromatic carbocycles. The van der Waals surface area contributed by atoms with E-state index in [0.717, 1.165) is 11.1 Å². The molecule has 4 nitrogen and oxygen atoms in total. The summed E-state index contributed by atoms with van der Waals surface area (Å²) < 4.78 is 24.1. The summed E-state index contributed by atoms with van der Waals surface area (Å²) in [5.41, 5.74) is 1.44. The second kappa shape index (κ2) is 11.1. The maximum Gasteiger partial charge on any atom is 0.0998 e. The first-order valence-electron chi connectivity index (χ1n) is 10.6. The molecular weight excluding hydrogens is 376 g/mol. The highest BCUT2D eigenvalue weighted by Crippen LogP contribution is 2.45. The molecule has 0 aliphatic rings. The molecule has 2 aromatic rings. The highest BCUT2D eigenvalue weighted by molar-refractivity contribution is 5.42. The summed E-state index contributed by atoms with van der Waals surface area (Å²) in [6, 6.07) is 20.9. The van der Waals surface area contributed by atoms with Crippen molar-refractivity contribution in [3.05, 3.63) is 71.8 Å². The Morgan fingerprint density at radius 2 is 1.10 bits per heavy atom. The number of hydrogen-bond donors (Lipinski definition) is 0. The lowest BCUT2D eigenvalue weighted by Crippen LogP contribution is -2.59. The van der Waals surface area contributed by atoms with Gasteiger partial charge < -0.3 is 18.9 Å². The van der Waals surface area contributed by atoms with Gasteiger partial charge in [-0.25, -0.2) is 0 Å². The summed E-state index contributed by atoms with van der Waals surface area (Å²) >= 11 is 0. The predicted molar refractivity (Wildman–Crippen MR) is 122 cm³/mol. The lowest BCUT2D eigenvalue weighted by Gasteiger charge is -2.50. The molecule has 0 heterocycles. The van der Waals surface area contributed by atoms with Crippen LogP contribution in [0.4, 0.5) is 0 Å². The topological polar surface area (TPSA) is 36.9 Å². The van der Waals surface area contributed by atoms with Crippen LogP contribution in [0.3, 0.4) is 0 Å². The van der Waals surface area contributed by atoms with Crippen molar-refractivity contribution in [3.63, 3.8) is 0 Å². The van der Waals surface area contributed by atoms with Crippen LogP contribution in [0.1, 0.15) is 31.9 Å².